The molecule has 2 aromatic rings. The van der Waals surface area contributed by atoms with Gasteiger partial charge in [0.05, 0.1) is 10.9 Å². The average molecular weight is 305 g/mol. The van der Waals surface area contributed by atoms with E-state index in [0.717, 1.165) is 23.3 Å². The molecule has 2 rings (SSSR count). The van der Waals surface area contributed by atoms with Gasteiger partial charge in [-0.05, 0) is 25.5 Å². The van der Waals surface area contributed by atoms with E-state index in [-0.39, 0.29) is 5.63 Å². The molecular weight excluding hydrogens is 282 g/mol. The largest absolute Gasteiger partial charge is 0.397 e. The second-order valence-corrected chi connectivity index (χ2v) is 6.45. The summed E-state index contributed by atoms with van der Waals surface area (Å²) in [6.07, 6.45) is 7.61. The van der Waals surface area contributed by atoms with Crippen LogP contribution in [-0.4, -0.2) is 10.7 Å². The minimum absolute atomic E-state index is 0.283. The first kappa shape index (κ1) is 16.1. The van der Waals surface area contributed by atoms with Crippen LogP contribution in [0.1, 0.15) is 51.0 Å². The Morgan fingerprint density at radius 1 is 1.14 bits per heavy atom. The highest BCUT2D eigenvalue weighted by Gasteiger charge is 2.06. The zero-order valence-electron chi connectivity index (χ0n) is 12.9. The second-order valence-electron chi connectivity index (χ2n) is 5.40. The molecule has 4 heteroatoms. The van der Waals surface area contributed by atoms with Gasteiger partial charge in [-0.15, -0.1) is 0 Å². The Labute approximate surface area is 130 Å². The predicted molar refractivity (Wildman–Crippen MR) is 89.1 cm³/mol. The van der Waals surface area contributed by atoms with Crippen molar-refractivity contribution < 1.29 is 4.42 Å². The molecule has 1 aromatic carbocycles. The molecule has 0 atom stereocenters. The van der Waals surface area contributed by atoms with Crippen molar-refractivity contribution in [2.75, 3.05) is 5.75 Å². The van der Waals surface area contributed by atoms with Crippen molar-refractivity contribution in [2.24, 2.45) is 0 Å². The molecule has 0 aliphatic heterocycles. The van der Waals surface area contributed by atoms with Crippen molar-refractivity contribution in [2.45, 2.75) is 57.6 Å². The monoisotopic (exact) mass is 305 g/mol. The molecule has 0 aliphatic rings. The highest BCUT2D eigenvalue weighted by atomic mass is 32.2. The molecule has 0 spiro atoms. The lowest BCUT2D eigenvalue weighted by molar-refractivity contribution is 0.401. The van der Waals surface area contributed by atoms with Crippen molar-refractivity contribution in [3.8, 4) is 0 Å². The van der Waals surface area contributed by atoms with Gasteiger partial charge in [-0.1, -0.05) is 62.4 Å². The van der Waals surface area contributed by atoms with Crippen LogP contribution in [0.15, 0.2) is 32.6 Å². The summed E-state index contributed by atoms with van der Waals surface area (Å²) in [5.41, 5.74) is 1.49. The van der Waals surface area contributed by atoms with Crippen LogP contribution in [0.5, 0.6) is 0 Å². The number of unbranched alkanes of at least 4 members (excludes halogenated alkanes) is 5. The van der Waals surface area contributed by atoms with Gasteiger partial charge in [-0.3, -0.25) is 0 Å². The summed E-state index contributed by atoms with van der Waals surface area (Å²) >= 11 is 1.54. The fourth-order valence-corrected chi connectivity index (χ4v) is 3.09. The Balaban J connectivity index is 1.88. The lowest BCUT2D eigenvalue weighted by atomic mass is 10.1. The molecule has 0 saturated carbocycles. The zero-order valence-corrected chi connectivity index (χ0v) is 13.7. The molecule has 0 amide bonds. The quantitative estimate of drug-likeness (QED) is 0.511. The summed E-state index contributed by atoms with van der Waals surface area (Å²) in [5.74, 6) is 0.958. The van der Waals surface area contributed by atoms with Gasteiger partial charge >= 0.3 is 5.63 Å². The van der Waals surface area contributed by atoms with E-state index in [0.29, 0.717) is 10.6 Å². The Morgan fingerprint density at radius 2 is 1.90 bits per heavy atom. The molecule has 0 N–H and O–H groups in total. The van der Waals surface area contributed by atoms with Gasteiger partial charge < -0.3 is 4.42 Å². The van der Waals surface area contributed by atoms with E-state index < -0.39 is 0 Å². The molecule has 0 aliphatic carbocycles. The maximum Gasteiger partial charge on any atom is 0.347 e. The minimum Gasteiger partial charge on any atom is -0.397 e. The Morgan fingerprint density at radius 3 is 2.71 bits per heavy atom. The number of aryl methyl sites for hydroxylation is 1. The van der Waals surface area contributed by atoms with Gasteiger partial charge in [-0.25, -0.2) is 9.78 Å². The number of aromatic nitrogens is 1. The number of benzene rings is 1. The first-order chi connectivity index (χ1) is 10.2. The van der Waals surface area contributed by atoms with Crippen LogP contribution < -0.4 is 5.63 Å². The Kier molecular flexibility index (Phi) is 6.30. The number of hydrogen-bond acceptors (Lipinski definition) is 4. The summed E-state index contributed by atoms with van der Waals surface area (Å²) in [7, 11) is 0. The van der Waals surface area contributed by atoms with Crippen molar-refractivity contribution in [1.82, 2.24) is 4.98 Å². The molecule has 0 fully saturated rings. The number of thioether (sulfide) groups is 1. The highest BCUT2D eigenvalue weighted by Crippen LogP contribution is 2.19. The number of rotatable bonds is 8. The molecule has 0 radical (unpaired) electrons. The Hall–Kier alpha value is -1.29. The van der Waals surface area contributed by atoms with Gasteiger partial charge in [0.1, 0.15) is 0 Å². The molecular formula is C17H23NO2S. The van der Waals surface area contributed by atoms with Crippen LogP contribution in [0, 0.1) is 6.92 Å². The lowest BCUT2D eigenvalue weighted by Gasteiger charge is -2.02. The molecule has 1 aromatic heterocycles. The summed E-state index contributed by atoms with van der Waals surface area (Å²) in [6, 6.07) is 5.68. The SMILES string of the molecule is CCCCCCCCSc1nc2ccc(C)cc2c(=O)o1. The number of fused-ring (bicyclic) bond motifs is 1. The van der Waals surface area contributed by atoms with Crippen molar-refractivity contribution >= 4 is 22.7 Å². The molecule has 21 heavy (non-hydrogen) atoms. The highest BCUT2D eigenvalue weighted by molar-refractivity contribution is 7.99. The maximum absolute atomic E-state index is 11.9. The number of nitrogens with zero attached hydrogens (tertiary/aromatic N) is 1. The van der Waals surface area contributed by atoms with Gasteiger partial charge in [0.25, 0.3) is 5.22 Å². The molecule has 114 valence electrons. The van der Waals surface area contributed by atoms with E-state index in [1.165, 1.54) is 43.9 Å². The van der Waals surface area contributed by atoms with E-state index in [2.05, 4.69) is 11.9 Å². The summed E-state index contributed by atoms with van der Waals surface area (Å²) in [5, 5.41) is 1.06. The maximum atomic E-state index is 11.9. The van der Waals surface area contributed by atoms with Crippen LogP contribution in [0.4, 0.5) is 0 Å². The summed E-state index contributed by atoms with van der Waals surface area (Å²) < 4.78 is 5.29. The fraction of sp³-hybridized carbons (Fsp3) is 0.529. The van der Waals surface area contributed by atoms with Gasteiger partial charge in [0, 0.05) is 5.75 Å². The zero-order chi connectivity index (χ0) is 15.1. The normalized spacial score (nSPS) is 11.1. The summed E-state index contributed by atoms with van der Waals surface area (Å²) in [6.45, 7) is 4.19. The Bertz CT molecular complexity index is 636. The third kappa shape index (κ3) is 4.88. The van der Waals surface area contributed by atoms with Gasteiger partial charge in [0.15, 0.2) is 0 Å². The smallest absolute Gasteiger partial charge is 0.347 e. The standard InChI is InChI=1S/C17H23NO2S/c1-3-4-5-6-7-8-11-21-17-18-15-10-9-13(2)12-14(15)16(19)20-17/h9-10,12H,3-8,11H2,1-2H3. The van der Waals surface area contributed by atoms with Crippen LogP contribution >= 0.6 is 11.8 Å². The average Bonchev–Trinajstić information content (AvgIpc) is 2.47. The van der Waals surface area contributed by atoms with Gasteiger partial charge in [-0.2, -0.15) is 0 Å². The second kappa shape index (κ2) is 8.23. The van der Waals surface area contributed by atoms with Crippen molar-refractivity contribution in [3.63, 3.8) is 0 Å². The van der Waals surface area contributed by atoms with E-state index >= 15 is 0 Å². The third-order valence-corrected chi connectivity index (χ3v) is 4.40. The van der Waals surface area contributed by atoms with E-state index in [4.69, 9.17) is 4.42 Å². The third-order valence-electron chi connectivity index (χ3n) is 3.49. The van der Waals surface area contributed by atoms with E-state index in [1.807, 2.05) is 25.1 Å². The first-order valence-corrected chi connectivity index (χ1v) is 8.73. The molecule has 0 saturated heterocycles. The predicted octanol–water partition coefficient (Wildman–Crippen LogP) is 4.95. The van der Waals surface area contributed by atoms with Crippen LogP contribution in [-0.2, 0) is 0 Å². The summed E-state index contributed by atoms with van der Waals surface area (Å²) in [4.78, 5) is 16.4. The van der Waals surface area contributed by atoms with Crippen LogP contribution in [0.2, 0.25) is 0 Å². The minimum atomic E-state index is -0.283. The molecule has 0 unspecified atom stereocenters. The first-order valence-electron chi connectivity index (χ1n) is 7.75. The number of hydrogen-bond donors (Lipinski definition) is 0. The fourth-order valence-electron chi connectivity index (χ4n) is 2.27. The topological polar surface area (TPSA) is 43.1 Å². The van der Waals surface area contributed by atoms with Crippen LogP contribution in [0.25, 0.3) is 10.9 Å². The molecule has 1 heterocycles. The van der Waals surface area contributed by atoms with Gasteiger partial charge in [0.2, 0.25) is 0 Å². The van der Waals surface area contributed by atoms with E-state index in [9.17, 15) is 4.79 Å². The van der Waals surface area contributed by atoms with E-state index in [1.54, 1.807) is 0 Å². The van der Waals surface area contributed by atoms with Crippen molar-refractivity contribution in [1.29, 1.82) is 0 Å². The molecule has 3 nitrogen and oxygen atoms in total. The van der Waals surface area contributed by atoms with Crippen molar-refractivity contribution in [3.05, 3.63) is 34.2 Å². The molecule has 0 bridgehead atoms. The van der Waals surface area contributed by atoms with Crippen LogP contribution in [0.3, 0.4) is 0 Å². The lowest BCUT2D eigenvalue weighted by Crippen LogP contribution is -2.02.